The molecule has 0 aromatic heterocycles. The number of benzene rings is 2. The zero-order valence-corrected chi connectivity index (χ0v) is 18.8. The summed E-state index contributed by atoms with van der Waals surface area (Å²) in [6, 6.07) is 10.3. The number of fused-ring (bicyclic) bond motifs is 1. The molecule has 1 saturated heterocycles. The van der Waals surface area contributed by atoms with Crippen LogP contribution in [-0.2, 0) is 15.1 Å². The third kappa shape index (κ3) is 2.95. The molecule has 0 spiro atoms. The summed E-state index contributed by atoms with van der Waals surface area (Å²) < 4.78 is 5.69. The number of nitrogens with one attached hydrogen (secondary N) is 2. The molecule has 0 radical (unpaired) electrons. The number of aliphatic hydroxyl groups is 1. The minimum Gasteiger partial charge on any atom is -0.496 e. The van der Waals surface area contributed by atoms with Gasteiger partial charge < -0.3 is 20.5 Å². The van der Waals surface area contributed by atoms with Gasteiger partial charge in [0.05, 0.1) is 31.0 Å². The second-order valence-electron chi connectivity index (χ2n) is 8.53. The van der Waals surface area contributed by atoms with Crippen molar-refractivity contribution in [2.45, 2.75) is 31.0 Å². The molecule has 0 bridgehead atoms. The molecule has 4 atom stereocenters. The van der Waals surface area contributed by atoms with Crippen LogP contribution in [0.15, 0.2) is 36.4 Å². The molecule has 2 aromatic carbocycles. The van der Waals surface area contributed by atoms with Gasteiger partial charge in [0.2, 0.25) is 5.54 Å². The molecule has 4 rings (SSSR count). The van der Waals surface area contributed by atoms with E-state index >= 15 is 0 Å². The number of carbonyl (C=O) groups is 2. The molecule has 0 saturated carbocycles. The highest BCUT2D eigenvalue weighted by Crippen LogP contribution is 2.54. The van der Waals surface area contributed by atoms with Crippen molar-refractivity contribution in [3.63, 3.8) is 0 Å². The van der Waals surface area contributed by atoms with Crippen molar-refractivity contribution in [2.75, 3.05) is 33.1 Å². The maximum absolute atomic E-state index is 13.9. The molecule has 2 aromatic rings. The molecule has 31 heavy (non-hydrogen) atoms. The molecular weight excluding hydrogens is 418 g/mol. The van der Waals surface area contributed by atoms with Gasteiger partial charge >= 0.3 is 0 Å². The number of amides is 2. The van der Waals surface area contributed by atoms with Gasteiger partial charge in [-0.25, -0.2) is 0 Å². The predicted octanol–water partition coefficient (Wildman–Crippen LogP) is 2.18. The summed E-state index contributed by atoms with van der Waals surface area (Å²) in [5, 5.41) is 16.9. The van der Waals surface area contributed by atoms with E-state index in [0.29, 0.717) is 27.6 Å². The van der Waals surface area contributed by atoms with Gasteiger partial charge in [-0.2, -0.15) is 0 Å². The van der Waals surface area contributed by atoms with Crippen LogP contribution in [0.1, 0.15) is 23.1 Å². The first-order valence-electron chi connectivity index (χ1n) is 10.2. The van der Waals surface area contributed by atoms with Crippen molar-refractivity contribution in [2.24, 2.45) is 0 Å². The summed E-state index contributed by atoms with van der Waals surface area (Å²) in [4.78, 5) is 26.9. The molecule has 1 fully saturated rings. The minimum atomic E-state index is -1.34. The lowest BCUT2D eigenvalue weighted by Gasteiger charge is -2.48. The normalized spacial score (nSPS) is 29.4. The van der Waals surface area contributed by atoms with E-state index in [1.165, 1.54) is 0 Å². The zero-order chi connectivity index (χ0) is 22.6. The largest absolute Gasteiger partial charge is 0.496 e. The number of hydrogen-bond donors (Lipinski definition) is 3. The van der Waals surface area contributed by atoms with Gasteiger partial charge in [-0.15, -0.1) is 0 Å². The summed E-state index contributed by atoms with van der Waals surface area (Å²) >= 11 is 6.39. The summed E-state index contributed by atoms with van der Waals surface area (Å²) in [6.07, 6.45) is -0.494. The van der Waals surface area contributed by atoms with Gasteiger partial charge in [-0.3, -0.25) is 14.1 Å². The molecular formula is C23H27ClN3O4+. The number of hydrogen-bond acceptors (Lipinski definition) is 4. The second-order valence-corrected chi connectivity index (χ2v) is 8.96. The van der Waals surface area contributed by atoms with Crippen LogP contribution < -0.4 is 15.4 Å². The van der Waals surface area contributed by atoms with E-state index in [0.717, 1.165) is 5.56 Å². The molecule has 0 aliphatic carbocycles. The van der Waals surface area contributed by atoms with Crippen LogP contribution in [0.2, 0.25) is 5.02 Å². The van der Waals surface area contributed by atoms with Crippen LogP contribution in [0.3, 0.4) is 0 Å². The van der Waals surface area contributed by atoms with Gasteiger partial charge in [-0.1, -0.05) is 17.7 Å². The first kappa shape index (κ1) is 21.6. The van der Waals surface area contributed by atoms with Crippen LogP contribution >= 0.6 is 11.6 Å². The number of aliphatic hydroxyl groups excluding tert-OH is 1. The first-order valence-corrected chi connectivity index (χ1v) is 10.6. The first-order chi connectivity index (χ1) is 14.7. The summed E-state index contributed by atoms with van der Waals surface area (Å²) in [5.41, 5.74) is 1.57. The van der Waals surface area contributed by atoms with E-state index in [1.807, 2.05) is 32.2 Å². The van der Waals surface area contributed by atoms with Crippen LogP contribution in [0.4, 0.5) is 5.69 Å². The van der Waals surface area contributed by atoms with Gasteiger partial charge in [0.15, 0.2) is 6.04 Å². The Morgan fingerprint density at radius 3 is 2.71 bits per heavy atom. The fourth-order valence-electron chi connectivity index (χ4n) is 5.44. The Labute approximate surface area is 186 Å². The number of ether oxygens (including phenoxy) is 1. The quantitative estimate of drug-likeness (QED) is 0.631. The average Bonchev–Trinajstić information content (AvgIpc) is 3.21. The second kappa shape index (κ2) is 7.51. The fraction of sp³-hybridized carbons (Fsp3) is 0.391. The minimum absolute atomic E-state index is 0.0353. The van der Waals surface area contributed by atoms with E-state index in [-0.39, 0.29) is 29.3 Å². The Morgan fingerprint density at radius 2 is 2.03 bits per heavy atom. The lowest BCUT2D eigenvalue weighted by atomic mass is 9.78. The van der Waals surface area contributed by atoms with Crippen molar-refractivity contribution in [1.29, 1.82) is 0 Å². The molecule has 2 unspecified atom stereocenters. The summed E-state index contributed by atoms with van der Waals surface area (Å²) in [6.45, 7) is 2.16. The maximum Gasteiger partial charge on any atom is 0.295 e. The number of anilines is 1. The standard InChI is InChI=1S/C23H26ClN3O4/c1-13-5-7-16(20(9-13)31-4)23(17-10-14(24)6-8-18(17)26-22(23)30)27(3)12-15(28)11-19(27)21(29)25-2/h5-10,15,19,28H,11-12H2,1-4H3,(H-,25,26,29,30)/p+1/t15-,19+,23?,27?/m1/s1. The van der Waals surface area contributed by atoms with Crippen LogP contribution in [-0.4, -0.2) is 61.3 Å². The number of quaternary nitrogens is 1. The number of likely N-dealkylation sites (N-methyl/N-ethyl adjacent to an activating group) is 2. The van der Waals surface area contributed by atoms with Gasteiger partial charge in [0.25, 0.3) is 11.8 Å². The number of carbonyl (C=O) groups excluding carboxylic acids is 2. The number of halogens is 1. The molecule has 3 N–H and O–H groups in total. The highest BCUT2D eigenvalue weighted by atomic mass is 35.5. The number of likely N-dealkylation sites (tertiary alicyclic amines) is 1. The third-order valence-corrected chi connectivity index (χ3v) is 7.02. The van der Waals surface area contributed by atoms with E-state index in [1.54, 1.807) is 32.4 Å². The van der Waals surface area contributed by atoms with Crippen LogP contribution in [0.5, 0.6) is 5.75 Å². The van der Waals surface area contributed by atoms with Crippen molar-refractivity contribution in [1.82, 2.24) is 5.32 Å². The Kier molecular flexibility index (Phi) is 5.24. The van der Waals surface area contributed by atoms with Gasteiger partial charge in [-0.05, 0) is 42.8 Å². The van der Waals surface area contributed by atoms with Gasteiger partial charge in [0, 0.05) is 18.5 Å². The summed E-state index contributed by atoms with van der Waals surface area (Å²) in [7, 11) is 4.98. The Balaban J connectivity index is 2.12. The smallest absolute Gasteiger partial charge is 0.295 e. The topological polar surface area (TPSA) is 87.7 Å². The van der Waals surface area contributed by atoms with Crippen molar-refractivity contribution < 1.29 is 23.9 Å². The molecule has 8 heteroatoms. The van der Waals surface area contributed by atoms with E-state index < -0.39 is 17.7 Å². The van der Waals surface area contributed by atoms with E-state index in [9.17, 15) is 14.7 Å². The molecule has 2 aliphatic rings. The monoisotopic (exact) mass is 444 g/mol. The Bertz CT molecular complexity index is 1070. The Hall–Kier alpha value is -2.61. The molecule has 2 amide bonds. The van der Waals surface area contributed by atoms with Crippen LogP contribution in [0, 0.1) is 6.92 Å². The van der Waals surface area contributed by atoms with Crippen LogP contribution in [0.25, 0.3) is 0 Å². The number of aryl methyl sites for hydroxylation is 1. The molecule has 7 nitrogen and oxygen atoms in total. The van der Waals surface area contributed by atoms with E-state index in [2.05, 4.69) is 10.6 Å². The average molecular weight is 445 g/mol. The Morgan fingerprint density at radius 1 is 1.29 bits per heavy atom. The lowest BCUT2D eigenvalue weighted by Crippen LogP contribution is -2.68. The number of nitrogens with zero attached hydrogens (tertiary/aromatic N) is 1. The maximum atomic E-state index is 13.9. The molecule has 2 aliphatic heterocycles. The third-order valence-electron chi connectivity index (χ3n) is 6.78. The molecule has 164 valence electrons. The highest BCUT2D eigenvalue weighted by molar-refractivity contribution is 6.31. The fourth-order valence-corrected chi connectivity index (χ4v) is 5.61. The van der Waals surface area contributed by atoms with Gasteiger partial charge in [0.1, 0.15) is 18.4 Å². The summed E-state index contributed by atoms with van der Waals surface area (Å²) in [5.74, 6) is 0.0320. The molecule has 2 heterocycles. The van der Waals surface area contributed by atoms with Crippen molar-refractivity contribution in [3.8, 4) is 5.75 Å². The van der Waals surface area contributed by atoms with Crippen molar-refractivity contribution in [3.05, 3.63) is 58.1 Å². The highest BCUT2D eigenvalue weighted by Gasteiger charge is 2.68. The predicted molar refractivity (Wildman–Crippen MR) is 118 cm³/mol. The van der Waals surface area contributed by atoms with Crippen molar-refractivity contribution >= 4 is 29.1 Å². The SMILES string of the molecule is CNC(=O)[C@@H]1C[C@@H](O)C[N+]1(C)C1(c2ccc(C)cc2OC)C(=O)Nc2ccc(Cl)cc21. The van der Waals surface area contributed by atoms with E-state index in [4.69, 9.17) is 16.3 Å². The number of rotatable bonds is 4. The zero-order valence-electron chi connectivity index (χ0n) is 18.0. The number of methoxy groups -OCH3 is 1. The lowest BCUT2D eigenvalue weighted by molar-refractivity contribution is -0.953.